The molecule has 12 heteroatoms. The van der Waals surface area contributed by atoms with Gasteiger partial charge in [0.2, 0.25) is 0 Å². The zero-order valence-electron chi connectivity index (χ0n) is 14.0. The van der Waals surface area contributed by atoms with Crippen LogP contribution in [0.4, 0.5) is 11.4 Å². The van der Waals surface area contributed by atoms with Crippen LogP contribution >= 0.6 is 0 Å². The Labute approximate surface area is 195 Å². The maximum absolute atomic E-state index is 11.3. The molecule has 128 valence electrons. The van der Waals surface area contributed by atoms with Crippen molar-refractivity contribution in [3.63, 3.8) is 0 Å². The summed E-state index contributed by atoms with van der Waals surface area (Å²) in [5.74, 6) is 0. The maximum Gasteiger partial charge on any atom is 1.00 e. The van der Waals surface area contributed by atoms with Crippen molar-refractivity contribution >= 4 is 43.8 Å². The van der Waals surface area contributed by atoms with E-state index in [2.05, 4.69) is 0 Å². The smallest absolute Gasteiger partial charge is 0.744 e. The standard InChI is InChI=1S/C14H14N2O6S2.2Na/c15-11-5-3-9(13(7-11)23(17,18)19)1-2-10-4-6-12(16)8-14(10)24(20,21)22;;/h1-8H,15-16H2,(H,17,18,19)(H,20,21,22);;/q;2*+1/p-2. The summed E-state index contributed by atoms with van der Waals surface area (Å²) in [5.41, 5.74) is 11.1. The molecule has 0 spiro atoms. The Balaban J connectivity index is 0.00000312. The Kier molecular flexibility index (Phi) is 9.54. The molecule has 0 aliphatic rings. The molecule has 8 nitrogen and oxygen atoms in total. The minimum atomic E-state index is -4.79. The van der Waals surface area contributed by atoms with Crippen LogP contribution in [0.3, 0.4) is 0 Å². The first-order valence-electron chi connectivity index (χ1n) is 6.37. The third kappa shape index (κ3) is 6.64. The molecule has 0 aromatic heterocycles. The molecule has 0 aliphatic heterocycles. The van der Waals surface area contributed by atoms with E-state index in [4.69, 9.17) is 11.5 Å². The number of nitrogen functional groups attached to an aromatic ring is 2. The molecule has 0 saturated carbocycles. The van der Waals surface area contributed by atoms with Gasteiger partial charge in [-0.3, -0.25) is 0 Å². The van der Waals surface area contributed by atoms with Crippen molar-refractivity contribution in [2.24, 2.45) is 0 Å². The van der Waals surface area contributed by atoms with Gasteiger partial charge in [0.15, 0.2) is 0 Å². The van der Waals surface area contributed by atoms with Crippen LogP contribution in [0.5, 0.6) is 0 Å². The molecule has 0 heterocycles. The fourth-order valence-electron chi connectivity index (χ4n) is 1.99. The van der Waals surface area contributed by atoms with E-state index in [1.54, 1.807) is 0 Å². The van der Waals surface area contributed by atoms with Crippen LogP contribution in [0, 0.1) is 0 Å². The van der Waals surface area contributed by atoms with Crippen LogP contribution in [0.1, 0.15) is 11.1 Å². The minimum absolute atomic E-state index is 0. The zero-order valence-corrected chi connectivity index (χ0v) is 19.7. The van der Waals surface area contributed by atoms with Gasteiger partial charge in [-0.05, 0) is 35.4 Å². The summed E-state index contributed by atoms with van der Waals surface area (Å²) in [4.78, 5) is -1.11. The Morgan fingerprint density at radius 3 is 1.27 bits per heavy atom. The number of benzene rings is 2. The number of hydrogen-bond acceptors (Lipinski definition) is 8. The van der Waals surface area contributed by atoms with Crippen molar-refractivity contribution in [1.82, 2.24) is 0 Å². The van der Waals surface area contributed by atoms with E-state index in [0.29, 0.717) is 0 Å². The predicted molar refractivity (Wildman–Crippen MR) is 86.6 cm³/mol. The first kappa shape index (κ1) is 25.6. The van der Waals surface area contributed by atoms with Gasteiger partial charge in [-0.2, -0.15) is 0 Å². The zero-order chi connectivity index (χ0) is 18.1. The summed E-state index contributed by atoms with van der Waals surface area (Å²) in [5, 5.41) is 0. The topological polar surface area (TPSA) is 166 Å². The molecule has 0 atom stereocenters. The average Bonchev–Trinajstić information content (AvgIpc) is 2.45. The molecular weight excluding hydrogens is 402 g/mol. The number of hydrogen-bond donors (Lipinski definition) is 2. The van der Waals surface area contributed by atoms with Crippen LogP contribution in [0.15, 0.2) is 46.2 Å². The summed E-state index contributed by atoms with van der Waals surface area (Å²) in [6.45, 7) is 0. The van der Waals surface area contributed by atoms with Crippen LogP contribution in [-0.2, 0) is 20.2 Å². The van der Waals surface area contributed by atoms with Crippen molar-refractivity contribution in [3.05, 3.63) is 47.5 Å². The molecule has 26 heavy (non-hydrogen) atoms. The minimum Gasteiger partial charge on any atom is -0.744 e. The second kappa shape index (κ2) is 9.69. The predicted octanol–water partition coefficient (Wildman–Crippen LogP) is -5.16. The molecule has 2 aromatic carbocycles. The van der Waals surface area contributed by atoms with Crippen molar-refractivity contribution < 1.29 is 85.1 Å². The molecule has 0 radical (unpaired) electrons. The largest absolute Gasteiger partial charge is 1.00 e. The van der Waals surface area contributed by atoms with Crippen LogP contribution in [0.2, 0.25) is 0 Å². The van der Waals surface area contributed by atoms with Gasteiger partial charge in [0.1, 0.15) is 20.2 Å². The van der Waals surface area contributed by atoms with Gasteiger partial charge in [-0.25, -0.2) is 16.8 Å². The van der Waals surface area contributed by atoms with E-state index in [1.807, 2.05) is 0 Å². The molecule has 0 unspecified atom stereocenters. The summed E-state index contributed by atoms with van der Waals surface area (Å²) in [7, 11) is -9.57. The van der Waals surface area contributed by atoms with E-state index in [-0.39, 0.29) is 81.6 Å². The van der Waals surface area contributed by atoms with E-state index in [9.17, 15) is 25.9 Å². The third-order valence-electron chi connectivity index (χ3n) is 3.06. The average molecular weight is 414 g/mol. The second-order valence-corrected chi connectivity index (χ2v) is 7.53. The van der Waals surface area contributed by atoms with Crippen molar-refractivity contribution in [2.75, 3.05) is 11.5 Å². The van der Waals surface area contributed by atoms with E-state index >= 15 is 0 Å². The van der Waals surface area contributed by atoms with Crippen LogP contribution in [0.25, 0.3) is 12.2 Å². The first-order chi connectivity index (χ1) is 11.0. The first-order valence-corrected chi connectivity index (χ1v) is 9.19. The third-order valence-corrected chi connectivity index (χ3v) is 4.84. The van der Waals surface area contributed by atoms with Gasteiger partial charge in [0.05, 0.1) is 9.79 Å². The molecule has 2 rings (SSSR count). The molecule has 2 aromatic rings. The second-order valence-electron chi connectivity index (χ2n) is 4.84. The summed E-state index contributed by atoms with van der Waals surface area (Å²) < 4.78 is 67.7. The Bertz CT molecular complexity index is 954. The SMILES string of the molecule is Nc1ccc(C=Cc2ccc(N)cc2S(=O)(=O)[O-])c(S(=O)(=O)[O-])c1.[Na+].[Na+]. The molecule has 0 fully saturated rings. The summed E-state index contributed by atoms with van der Waals surface area (Å²) in [6.07, 6.45) is 2.40. The number of nitrogens with two attached hydrogens (primary N) is 2. The van der Waals surface area contributed by atoms with Gasteiger partial charge in [-0.15, -0.1) is 0 Å². The van der Waals surface area contributed by atoms with E-state index < -0.39 is 30.0 Å². The van der Waals surface area contributed by atoms with Gasteiger partial charge in [0, 0.05) is 11.4 Å². The fourth-order valence-corrected chi connectivity index (χ4v) is 3.40. The van der Waals surface area contributed by atoms with Gasteiger partial charge in [0.25, 0.3) is 0 Å². The van der Waals surface area contributed by atoms with E-state index in [1.165, 1.54) is 36.4 Å². The Morgan fingerprint density at radius 1 is 0.692 bits per heavy atom. The van der Waals surface area contributed by atoms with Crippen LogP contribution in [-0.4, -0.2) is 25.9 Å². The Hall–Kier alpha value is -0.400. The normalized spacial score (nSPS) is 11.6. The summed E-state index contributed by atoms with van der Waals surface area (Å²) in [6, 6.07) is 7.33. The van der Waals surface area contributed by atoms with Gasteiger partial charge >= 0.3 is 59.1 Å². The Morgan fingerprint density at radius 2 is 1.00 bits per heavy atom. The molecule has 0 saturated heterocycles. The monoisotopic (exact) mass is 414 g/mol. The molecule has 0 amide bonds. The van der Waals surface area contributed by atoms with Crippen molar-refractivity contribution in [1.29, 1.82) is 0 Å². The fraction of sp³-hybridized carbons (Fsp3) is 0. The molecule has 0 bridgehead atoms. The quantitative estimate of drug-likeness (QED) is 0.217. The van der Waals surface area contributed by atoms with Crippen molar-refractivity contribution in [3.8, 4) is 0 Å². The summed E-state index contributed by atoms with van der Waals surface area (Å²) >= 11 is 0. The number of rotatable bonds is 4. The van der Waals surface area contributed by atoms with Crippen LogP contribution < -0.4 is 70.6 Å². The number of anilines is 2. The van der Waals surface area contributed by atoms with Crippen molar-refractivity contribution in [2.45, 2.75) is 9.79 Å². The maximum atomic E-state index is 11.3. The molecule has 4 N–H and O–H groups in total. The van der Waals surface area contributed by atoms with Gasteiger partial charge in [-0.1, -0.05) is 24.3 Å². The van der Waals surface area contributed by atoms with E-state index in [0.717, 1.165) is 12.1 Å². The van der Waals surface area contributed by atoms with Gasteiger partial charge < -0.3 is 20.6 Å². The molecule has 0 aliphatic carbocycles. The molecular formula is C14H12N2Na2O6S2.